The number of hydrogen-bond acceptors (Lipinski definition) is 5. The molecule has 0 saturated carbocycles. The van der Waals surface area contributed by atoms with Crippen molar-refractivity contribution in [2.24, 2.45) is 0 Å². The number of hydrogen-bond donors (Lipinski definition) is 0. The normalized spacial score (nSPS) is 15.8. The maximum absolute atomic E-state index is 7.09. The lowest BCUT2D eigenvalue weighted by Crippen LogP contribution is -2.18. The minimum absolute atomic E-state index is 0.119. The van der Waals surface area contributed by atoms with E-state index in [1.54, 1.807) is 0 Å². The van der Waals surface area contributed by atoms with E-state index in [9.17, 15) is 0 Å². The molecule has 63 heavy (non-hydrogen) atoms. The molecule has 294 valence electrons. The zero-order valence-corrected chi connectivity index (χ0v) is 33.7. The second-order valence-corrected chi connectivity index (χ2v) is 16.7. The van der Waals surface area contributed by atoms with Gasteiger partial charge in [0.05, 0.1) is 16.6 Å². The molecule has 6 nitrogen and oxygen atoms in total. The van der Waals surface area contributed by atoms with Gasteiger partial charge in [-0.1, -0.05) is 146 Å². The Balaban J connectivity index is 1.07. The Morgan fingerprint density at radius 1 is 0.444 bits per heavy atom. The number of benzene rings is 9. The molecule has 2 atom stereocenters. The van der Waals surface area contributed by atoms with E-state index < -0.39 is 0 Å². The zero-order valence-electron chi connectivity index (χ0n) is 33.7. The Morgan fingerprint density at radius 2 is 1.13 bits per heavy atom. The van der Waals surface area contributed by atoms with Crippen LogP contribution >= 0.6 is 0 Å². The van der Waals surface area contributed by atoms with Crippen molar-refractivity contribution < 1.29 is 9.15 Å². The number of fused-ring (bicyclic) bond motifs is 13. The summed E-state index contributed by atoms with van der Waals surface area (Å²) in [5.74, 6) is 2.71. The number of aromatic nitrogens is 4. The second kappa shape index (κ2) is 13.1. The van der Waals surface area contributed by atoms with Gasteiger partial charge in [-0.15, -0.1) is 0 Å². The Hall–Kier alpha value is -8.35. The Labute approximate surface area is 360 Å². The van der Waals surface area contributed by atoms with E-state index in [1.807, 2.05) is 12.1 Å². The van der Waals surface area contributed by atoms with Gasteiger partial charge in [-0.25, -0.2) is 15.0 Å². The first-order valence-corrected chi connectivity index (χ1v) is 21.4. The lowest BCUT2D eigenvalue weighted by atomic mass is 9.89. The molecule has 14 rings (SSSR count). The number of nitrogens with zero attached hydrogens (tertiary/aromatic N) is 4. The molecule has 0 saturated heterocycles. The fourth-order valence-corrected chi connectivity index (χ4v) is 10.2. The Morgan fingerprint density at radius 3 is 2.00 bits per heavy atom. The highest BCUT2D eigenvalue weighted by Crippen LogP contribution is 2.45. The predicted octanol–water partition coefficient (Wildman–Crippen LogP) is 14.2. The van der Waals surface area contributed by atoms with Gasteiger partial charge < -0.3 is 13.7 Å². The average molecular weight is 807 g/mol. The lowest BCUT2D eigenvalue weighted by Gasteiger charge is -2.19. The fraction of sp³-hybridized carbons (Fsp3) is 0.0351. The molecular formula is C57H34N4O2. The molecule has 4 heterocycles. The van der Waals surface area contributed by atoms with E-state index in [1.165, 1.54) is 27.1 Å². The van der Waals surface area contributed by atoms with E-state index in [-0.39, 0.29) is 12.0 Å². The molecule has 0 bridgehead atoms. The summed E-state index contributed by atoms with van der Waals surface area (Å²) in [6.07, 6.45) is 6.36. The molecule has 1 aliphatic heterocycles. The molecule has 0 fully saturated rings. The molecule has 2 unspecified atom stereocenters. The third-order valence-electron chi connectivity index (χ3n) is 13.1. The summed E-state index contributed by atoms with van der Waals surface area (Å²) >= 11 is 0. The van der Waals surface area contributed by atoms with Crippen LogP contribution in [-0.2, 0) is 0 Å². The minimum Gasteiger partial charge on any atom is -0.485 e. The fourth-order valence-electron chi connectivity index (χ4n) is 10.2. The maximum Gasteiger partial charge on any atom is 0.167 e. The highest BCUT2D eigenvalue weighted by molar-refractivity contribution is 6.19. The van der Waals surface area contributed by atoms with Crippen LogP contribution in [-0.4, -0.2) is 25.6 Å². The summed E-state index contributed by atoms with van der Waals surface area (Å²) in [4.78, 5) is 16.1. The SMILES string of the molecule is C1=CC2c3ccccc3OC2C=C1c1nc(-c2cccc3ccccc23)nc(-c2cc(-n3c4ccccc4c4cc5ccccc5cc43)cc3c2oc2c4ccccc4ccc32)n1. The third-order valence-corrected chi connectivity index (χ3v) is 13.1. The highest BCUT2D eigenvalue weighted by atomic mass is 16.5. The molecule has 0 radical (unpaired) electrons. The van der Waals surface area contributed by atoms with Crippen molar-refractivity contribution in [3.63, 3.8) is 0 Å². The largest absolute Gasteiger partial charge is 0.485 e. The van der Waals surface area contributed by atoms with Gasteiger partial charge in [-0.3, -0.25) is 0 Å². The summed E-state index contributed by atoms with van der Waals surface area (Å²) in [5.41, 5.74) is 8.56. The van der Waals surface area contributed by atoms with E-state index >= 15 is 0 Å². The number of rotatable bonds is 4. The molecule has 3 aromatic heterocycles. The molecule has 2 aliphatic rings. The van der Waals surface area contributed by atoms with Crippen LogP contribution in [0.4, 0.5) is 0 Å². The van der Waals surface area contributed by atoms with Crippen molar-refractivity contribution in [3.8, 4) is 34.2 Å². The first kappa shape index (κ1) is 34.4. The van der Waals surface area contributed by atoms with Gasteiger partial charge in [-0.05, 0) is 75.5 Å². The summed E-state index contributed by atoms with van der Waals surface area (Å²) in [6.45, 7) is 0. The summed E-state index contributed by atoms with van der Waals surface area (Å²) < 4.78 is 16.0. The summed E-state index contributed by atoms with van der Waals surface area (Å²) in [7, 11) is 0. The van der Waals surface area contributed by atoms with Crippen molar-refractivity contribution in [2.75, 3.05) is 0 Å². The third kappa shape index (κ3) is 5.15. The Bertz CT molecular complexity index is 3980. The predicted molar refractivity (Wildman–Crippen MR) is 256 cm³/mol. The van der Waals surface area contributed by atoms with Crippen molar-refractivity contribution >= 4 is 81.6 Å². The molecule has 0 amide bonds. The molecule has 9 aromatic carbocycles. The minimum atomic E-state index is -0.173. The molecular weight excluding hydrogens is 773 g/mol. The highest BCUT2D eigenvalue weighted by Gasteiger charge is 2.34. The second-order valence-electron chi connectivity index (χ2n) is 16.7. The monoisotopic (exact) mass is 806 g/mol. The van der Waals surface area contributed by atoms with Crippen molar-refractivity contribution in [2.45, 2.75) is 12.0 Å². The number of ether oxygens (including phenoxy) is 1. The number of allylic oxidation sites excluding steroid dienone is 2. The lowest BCUT2D eigenvalue weighted by molar-refractivity contribution is 0.269. The molecule has 1 aliphatic carbocycles. The van der Waals surface area contributed by atoms with Gasteiger partial charge in [0.25, 0.3) is 0 Å². The van der Waals surface area contributed by atoms with Crippen molar-refractivity contribution in [1.82, 2.24) is 19.5 Å². The van der Waals surface area contributed by atoms with Gasteiger partial charge in [-0.2, -0.15) is 0 Å². The van der Waals surface area contributed by atoms with Crippen LogP contribution in [0.3, 0.4) is 0 Å². The topological polar surface area (TPSA) is 66.0 Å². The maximum atomic E-state index is 7.09. The smallest absolute Gasteiger partial charge is 0.167 e. The van der Waals surface area contributed by atoms with Gasteiger partial charge in [0.1, 0.15) is 23.0 Å². The van der Waals surface area contributed by atoms with E-state index in [0.717, 1.165) is 82.7 Å². The van der Waals surface area contributed by atoms with Crippen LogP contribution in [0.1, 0.15) is 17.3 Å². The van der Waals surface area contributed by atoms with Crippen LogP contribution in [0.25, 0.3) is 110 Å². The summed E-state index contributed by atoms with van der Waals surface area (Å²) in [5, 5.41) is 11.1. The quantitative estimate of drug-likeness (QED) is 0.177. The zero-order chi connectivity index (χ0) is 41.2. The standard InChI is InChI=1S/C57H34N4O2/c1-2-15-36-29-50-46(28-35(36)14-1)41-19-7-9-22-49(41)61(50)38-31-47-44-27-24-34-13-4-6-18-40(34)53(44)63-54(47)48(32-38)57-59-55(37-25-26-43-42-20-8-10-23-51(42)62-52(43)30-37)58-56(60-57)45-21-11-16-33-12-3-5-17-39(33)45/h1-32,43,52H. The van der Waals surface area contributed by atoms with E-state index in [0.29, 0.717) is 17.5 Å². The molecule has 6 heteroatoms. The average Bonchev–Trinajstić information content (AvgIpc) is 4.02. The van der Waals surface area contributed by atoms with E-state index in [2.05, 4.69) is 187 Å². The molecule has 12 aromatic rings. The van der Waals surface area contributed by atoms with E-state index in [4.69, 9.17) is 24.1 Å². The summed E-state index contributed by atoms with van der Waals surface area (Å²) in [6, 6.07) is 62.1. The molecule has 0 spiro atoms. The van der Waals surface area contributed by atoms with Crippen molar-refractivity contribution in [3.05, 3.63) is 206 Å². The van der Waals surface area contributed by atoms with Crippen LogP contribution in [0.15, 0.2) is 199 Å². The number of furan rings is 1. The van der Waals surface area contributed by atoms with Gasteiger partial charge in [0.15, 0.2) is 17.5 Å². The van der Waals surface area contributed by atoms with Crippen LogP contribution < -0.4 is 4.74 Å². The first-order chi connectivity index (χ1) is 31.2. The van der Waals surface area contributed by atoms with Crippen LogP contribution in [0.2, 0.25) is 0 Å². The number of para-hydroxylation sites is 2. The molecule has 0 N–H and O–H groups in total. The Kier molecular flexibility index (Phi) is 7.13. The van der Waals surface area contributed by atoms with Gasteiger partial charge in [0, 0.05) is 55.2 Å². The first-order valence-electron chi connectivity index (χ1n) is 21.4. The van der Waals surface area contributed by atoms with Crippen molar-refractivity contribution in [1.29, 1.82) is 0 Å². The van der Waals surface area contributed by atoms with Gasteiger partial charge in [0.2, 0.25) is 0 Å². The van der Waals surface area contributed by atoms with Crippen LogP contribution in [0, 0.1) is 0 Å². The van der Waals surface area contributed by atoms with Gasteiger partial charge >= 0.3 is 0 Å². The van der Waals surface area contributed by atoms with Crippen LogP contribution in [0.5, 0.6) is 5.75 Å².